The van der Waals surface area contributed by atoms with Gasteiger partial charge in [-0.3, -0.25) is 0 Å². The second-order valence-electron chi connectivity index (χ2n) is 3.06. The highest BCUT2D eigenvalue weighted by Gasteiger charge is 2.03. The van der Waals surface area contributed by atoms with E-state index in [1.54, 1.807) is 23.1 Å². The van der Waals surface area contributed by atoms with Gasteiger partial charge in [0.2, 0.25) is 5.13 Å². The molecule has 0 atom stereocenters. The molecule has 4 nitrogen and oxygen atoms in total. The smallest absolute Gasteiger partial charge is 0.206 e. The molecule has 14 heavy (non-hydrogen) atoms. The van der Waals surface area contributed by atoms with Crippen molar-refractivity contribution in [3.05, 3.63) is 0 Å². The van der Waals surface area contributed by atoms with E-state index in [4.69, 9.17) is 0 Å². The number of rotatable bonds is 6. The minimum atomic E-state index is 0.900. The lowest BCUT2D eigenvalue weighted by Gasteiger charge is -2.06. The maximum atomic E-state index is 4.08. The van der Waals surface area contributed by atoms with Crippen LogP contribution in [0.15, 0.2) is 4.34 Å². The summed E-state index contributed by atoms with van der Waals surface area (Å²) in [5.74, 6) is 1.06. The molecule has 0 radical (unpaired) electrons. The summed E-state index contributed by atoms with van der Waals surface area (Å²) in [7, 11) is 4.15. The van der Waals surface area contributed by atoms with E-state index in [1.165, 1.54) is 0 Å². The number of hydrogen-bond acceptors (Lipinski definition) is 6. The van der Waals surface area contributed by atoms with Crippen LogP contribution >= 0.6 is 23.1 Å². The van der Waals surface area contributed by atoms with Crippen LogP contribution in [0.4, 0.5) is 5.13 Å². The van der Waals surface area contributed by atoms with Crippen molar-refractivity contribution in [3.63, 3.8) is 0 Å². The van der Waals surface area contributed by atoms with Gasteiger partial charge < -0.3 is 10.2 Å². The van der Waals surface area contributed by atoms with E-state index < -0.39 is 0 Å². The zero-order valence-corrected chi connectivity index (χ0v) is 10.4. The van der Waals surface area contributed by atoms with E-state index in [-0.39, 0.29) is 0 Å². The highest BCUT2D eigenvalue weighted by atomic mass is 32.2. The molecule has 0 aliphatic carbocycles. The fraction of sp³-hybridized carbons (Fsp3) is 0.750. The third-order valence-corrected chi connectivity index (χ3v) is 3.49. The van der Waals surface area contributed by atoms with Crippen LogP contribution in [0.25, 0.3) is 0 Å². The normalized spacial score (nSPS) is 10.9. The summed E-state index contributed by atoms with van der Waals surface area (Å²) in [5, 5.41) is 12.2. The van der Waals surface area contributed by atoms with Gasteiger partial charge in [-0.25, -0.2) is 0 Å². The van der Waals surface area contributed by atoms with Crippen molar-refractivity contribution >= 4 is 28.2 Å². The van der Waals surface area contributed by atoms with E-state index in [2.05, 4.69) is 41.4 Å². The third kappa shape index (κ3) is 4.26. The quantitative estimate of drug-likeness (QED) is 0.755. The molecule has 0 aromatic carbocycles. The van der Waals surface area contributed by atoms with Gasteiger partial charge in [-0.1, -0.05) is 23.1 Å². The monoisotopic (exact) mass is 232 g/mol. The van der Waals surface area contributed by atoms with Crippen LogP contribution in [0.3, 0.4) is 0 Å². The topological polar surface area (TPSA) is 41.1 Å². The first kappa shape index (κ1) is 11.7. The van der Waals surface area contributed by atoms with Crippen LogP contribution in [0, 0.1) is 0 Å². The molecule has 0 amide bonds. The van der Waals surface area contributed by atoms with Crippen LogP contribution < -0.4 is 5.32 Å². The second-order valence-corrected chi connectivity index (χ2v) is 5.37. The maximum Gasteiger partial charge on any atom is 0.206 e. The third-order valence-electron chi connectivity index (χ3n) is 1.50. The summed E-state index contributed by atoms with van der Waals surface area (Å²) >= 11 is 3.38. The Kier molecular flexibility index (Phi) is 5.21. The van der Waals surface area contributed by atoms with Crippen molar-refractivity contribution in [2.24, 2.45) is 0 Å². The van der Waals surface area contributed by atoms with Gasteiger partial charge in [0.05, 0.1) is 0 Å². The van der Waals surface area contributed by atoms with Gasteiger partial charge in [-0.05, 0) is 21.0 Å². The Morgan fingerprint density at radius 3 is 2.86 bits per heavy atom. The Bertz CT molecular complexity index is 262. The predicted molar refractivity (Wildman–Crippen MR) is 63.4 cm³/mol. The van der Waals surface area contributed by atoms with Crippen LogP contribution in [-0.4, -0.2) is 48.0 Å². The summed E-state index contributed by atoms with van der Waals surface area (Å²) < 4.78 is 1.04. The van der Waals surface area contributed by atoms with E-state index in [0.717, 1.165) is 28.3 Å². The van der Waals surface area contributed by atoms with Gasteiger partial charge in [-0.15, -0.1) is 10.2 Å². The molecular weight excluding hydrogens is 216 g/mol. The number of aromatic nitrogens is 2. The molecule has 0 bridgehead atoms. The van der Waals surface area contributed by atoms with Crippen LogP contribution in [0.1, 0.15) is 6.92 Å². The van der Waals surface area contributed by atoms with Crippen LogP contribution in [0.2, 0.25) is 0 Å². The Morgan fingerprint density at radius 1 is 1.43 bits per heavy atom. The maximum absolute atomic E-state index is 4.08. The lowest BCUT2D eigenvalue weighted by molar-refractivity contribution is 0.437. The molecule has 6 heteroatoms. The first-order valence-corrected chi connectivity index (χ1v) is 6.37. The average molecular weight is 232 g/mol. The van der Waals surface area contributed by atoms with Crippen molar-refractivity contribution in [2.45, 2.75) is 11.3 Å². The molecule has 1 N–H and O–H groups in total. The summed E-state index contributed by atoms with van der Waals surface area (Å²) in [6, 6.07) is 0. The van der Waals surface area contributed by atoms with Crippen LogP contribution in [-0.2, 0) is 0 Å². The Labute approximate surface area is 93.1 Å². The van der Waals surface area contributed by atoms with Gasteiger partial charge in [0.25, 0.3) is 0 Å². The number of thioether (sulfide) groups is 1. The Morgan fingerprint density at radius 2 is 2.21 bits per heavy atom. The van der Waals surface area contributed by atoms with Crippen molar-refractivity contribution in [2.75, 3.05) is 38.3 Å². The van der Waals surface area contributed by atoms with E-state index in [9.17, 15) is 0 Å². The molecule has 1 aromatic heterocycles. The zero-order chi connectivity index (χ0) is 10.4. The molecule has 0 saturated carbocycles. The Hall–Kier alpha value is -0.330. The molecule has 0 aliphatic rings. The summed E-state index contributed by atoms with van der Waals surface area (Å²) in [6.45, 7) is 4.03. The van der Waals surface area contributed by atoms with Gasteiger partial charge in [0, 0.05) is 18.8 Å². The van der Waals surface area contributed by atoms with Gasteiger partial charge >= 0.3 is 0 Å². The number of nitrogens with one attached hydrogen (secondary N) is 1. The van der Waals surface area contributed by atoms with Gasteiger partial charge in [0.15, 0.2) is 4.34 Å². The molecule has 0 spiro atoms. The number of hydrogen-bond donors (Lipinski definition) is 1. The first-order valence-electron chi connectivity index (χ1n) is 4.57. The van der Waals surface area contributed by atoms with E-state index >= 15 is 0 Å². The first-order chi connectivity index (χ1) is 6.72. The number of nitrogens with zero attached hydrogens (tertiary/aromatic N) is 3. The lowest BCUT2D eigenvalue weighted by Crippen LogP contribution is -2.14. The molecule has 1 rings (SSSR count). The molecule has 80 valence electrons. The van der Waals surface area contributed by atoms with E-state index in [0.29, 0.717) is 0 Å². The summed E-state index contributed by atoms with van der Waals surface area (Å²) in [4.78, 5) is 2.17. The standard InChI is InChI=1S/C8H16N4S2/c1-4-9-7-10-11-8(14-7)13-6-5-12(2)3/h4-6H2,1-3H3,(H,9,10). The molecule has 1 aromatic rings. The number of anilines is 1. The second kappa shape index (κ2) is 6.21. The van der Waals surface area contributed by atoms with Crippen molar-refractivity contribution < 1.29 is 0 Å². The SMILES string of the molecule is CCNc1nnc(SCCN(C)C)s1. The zero-order valence-electron chi connectivity index (χ0n) is 8.78. The van der Waals surface area contributed by atoms with Crippen molar-refractivity contribution in [3.8, 4) is 0 Å². The molecule has 0 fully saturated rings. The van der Waals surface area contributed by atoms with Crippen molar-refractivity contribution in [1.82, 2.24) is 15.1 Å². The Balaban J connectivity index is 2.28. The van der Waals surface area contributed by atoms with Gasteiger partial charge in [-0.2, -0.15) is 0 Å². The summed E-state index contributed by atoms with van der Waals surface area (Å²) in [5.41, 5.74) is 0. The largest absolute Gasteiger partial charge is 0.360 e. The molecule has 0 unspecified atom stereocenters. The van der Waals surface area contributed by atoms with Crippen LogP contribution in [0.5, 0.6) is 0 Å². The van der Waals surface area contributed by atoms with Gasteiger partial charge in [0.1, 0.15) is 0 Å². The van der Waals surface area contributed by atoms with E-state index in [1.807, 2.05) is 0 Å². The summed E-state index contributed by atoms with van der Waals surface area (Å²) in [6.07, 6.45) is 0. The average Bonchev–Trinajstić information content (AvgIpc) is 2.53. The predicted octanol–water partition coefficient (Wildman–Crippen LogP) is 1.62. The highest BCUT2D eigenvalue weighted by Crippen LogP contribution is 2.24. The molecule has 0 aliphatic heterocycles. The molecule has 1 heterocycles. The minimum absolute atomic E-state index is 0.900. The fourth-order valence-corrected chi connectivity index (χ4v) is 2.80. The highest BCUT2D eigenvalue weighted by molar-refractivity contribution is 8.01. The lowest BCUT2D eigenvalue weighted by atomic mass is 10.7. The molecule has 0 saturated heterocycles. The minimum Gasteiger partial charge on any atom is -0.360 e. The van der Waals surface area contributed by atoms with Crippen molar-refractivity contribution in [1.29, 1.82) is 0 Å². The fourth-order valence-electron chi connectivity index (χ4n) is 0.806. The molecular formula is C8H16N4S2.